The molecule has 0 N–H and O–H groups in total. The van der Waals surface area contributed by atoms with Crippen LogP contribution in [0.4, 0.5) is 27.5 Å². The second kappa shape index (κ2) is 18.9. The fourth-order valence-corrected chi connectivity index (χ4v) is 4.59. The van der Waals surface area contributed by atoms with E-state index in [1.165, 1.54) is 22.7 Å². The van der Waals surface area contributed by atoms with Crippen LogP contribution in [-0.2, 0) is 16.8 Å². The number of benzene rings is 2. The fraction of sp³-hybridized carbons (Fsp3) is 0. The molecule has 0 bridgehead atoms. The van der Waals surface area contributed by atoms with E-state index in [1.54, 1.807) is 24.8 Å². The summed E-state index contributed by atoms with van der Waals surface area (Å²) >= 11 is 2.94. The van der Waals surface area contributed by atoms with Crippen LogP contribution in [0.15, 0.2) is 130 Å². The Bertz CT molecular complexity index is 1630. The molecule has 0 aliphatic carbocycles. The molecular formula is C30H22BCoF4N8S2. The summed E-state index contributed by atoms with van der Waals surface area (Å²) in [6.07, 6.45) is 6.67. The first-order chi connectivity index (χ1) is 21.8. The first-order valence-corrected chi connectivity index (χ1v) is 14.8. The van der Waals surface area contributed by atoms with Crippen LogP contribution in [0.25, 0.3) is 33.4 Å². The van der Waals surface area contributed by atoms with Gasteiger partial charge in [-0.1, -0.05) is 72.8 Å². The summed E-state index contributed by atoms with van der Waals surface area (Å²) in [4.78, 5) is 17.1. The van der Waals surface area contributed by atoms with Crippen LogP contribution < -0.4 is 0 Å². The predicted octanol–water partition coefficient (Wildman–Crippen LogP) is 9.79. The first-order valence-electron chi connectivity index (χ1n) is 13.0. The van der Waals surface area contributed by atoms with Crippen molar-refractivity contribution in [1.82, 2.24) is 19.9 Å². The van der Waals surface area contributed by atoms with Crippen LogP contribution >= 0.6 is 22.7 Å². The maximum absolute atomic E-state index is 9.75. The Labute approximate surface area is 280 Å². The van der Waals surface area contributed by atoms with E-state index in [0.717, 1.165) is 33.9 Å². The number of hydrogen-bond acceptors (Lipinski definition) is 8. The van der Waals surface area contributed by atoms with Crippen molar-refractivity contribution in [3.05, 3.63) is 142 Å². The molecule has 234 valence electrons. The molecule has 0 radical (unpaired) electrons. The normalized spacial score (nSPS) is 10.7. The SMILES string of the molecule is C(=N\[N-]c1nc(-c2ccccc2)cs1)/c1ccccn1.C(=N\[N-]c1nc(-c2ccccc2)cs1)/c1ccccn1.F[B-](F)(F)F.[Co+3]. The zero-order valence-corrected chi connectivity index (χ0v) is 26.2. The number of hydrogen-bond donors (Lipinski definition) is 0. The average molecular weight is 704 g/mol. The van der Waals surface area contributed by atoms with Gasteiger partial charge in [-0.05, 0) is 57.5 Å². The second-order valence-corrected chi connectivity index (χ2v) is 10.1. The fourth-order valence-electron chi connectivity index (χ4n) is 3.28. The monoisotopic (exact) mass is 704 g/mol. The maximum Gasteiger partial charge on any atom is 3.00 e. The van der Waals surface area contributed by atoms with Crippen LogP contribution in [-0.4, -0.2) is 39.6 Å². The molecule has 46 heavy (non-hydrogen) atoms. The molecule has 2 aromatic carbocycles. The predicted molar refractivity (Wildman–Crippen MR) is 175 cm³/mol. The van der Waals surface area contributed by atoms with Crippen LogP contribution in [0.5, 0.6) is 0 Å². The van der Waals surface area contributed by atoms with E-state index in [-0.39, 0.29) is 16.8 Å². The summed E-state index contributed by atoms with van der Waals surface area (Å²) in [7, 11) is -6.00. The molecule has 0 fully saturated rings. The Hall–Kier alpha value is -4.77. The van der Waals surface area contributed by atoms with Crippen molar-refractivity contribution >= 4 is 52.6 Å². The third-order valence-electron chi connectivity index (χ3n) is 5.17. The van der Waals surface area contributed by atoms with Crippen molar-refractivity contribution in [2.75, 3.05) is 0 Å². The van der Waals surface area contributed by atoms with Crippen molar-refractivity contribution in [3.8, 4) is 22.5 Å². The number of nitrogens with zero attached hydrogens (tertiary/aromatic N) is 8. The third kappa shape index (κ3) is 13.5. The van der Waals surface area contributed by atoms with Gasteiger partial charge in [0.05, 0.1) is 23.8 Å². The van der Waals surface area contributed by atoms with Crippen molar-refractivity contribution < 1.29 is 34.0 Å². The Morgan fingerprint density at radius 3 is 1.28 bits per heavy atom. The van der Waals surface area contributed by atoms with Gasteiger partial charge >= 0.3 is 24.0 Å². The van der Waals surface area contributed by atoms with Gasteiger partial charge in [0.1, 0.15) is 0 Å². The molecule has 0 unspecified atom stereocenters. The first kappa shape index (κ1) is 35.7. The summed E-state index contributed by atoms with van der Waals surface area (Å²) in [5.74, 6) is 0. The van der Waals surface area contributed by atoms with E-state index in [2.05, 4.69) is 41.0 Å². The van der Waals surface area contributed by atoms with E-state index < -0.39 is 7.25 Å². The largest absolute Gasteiger partial charge is 3.00 e. The maximum atomic E-state index is 9.75. The summed E-state index contributed by atoms with van der Waals surface area (Å²) in [6, 6.07) is 31.3. The number of thiazole rings is 2. The average Bonchev–Trinajstić information content (AvgIpc) is 3.73. The van der Waals surface area contributed by atoms with Gasteiger partial charge in [0.15, 0.2) is 0 Å². The second-order valence-electron chi connectivity index (χ2n) is 8.46. The zero-order chi connectivity index (χ0) is 31.7. The molecular weight excluding hydrogens is 682 g/mol. The van der Waals surface area contributed by atoms with Gasteiger partial charge in [-0.25, -0.2) is 0 Å². The molecule has 6 rings (SSSR count). The molecule has 0 saturated heterocycles. The molecule has 4 aromatic heterocycles. The molecule has 4 heterocycles. The third-order valence-corrected chi connectivity index (χ3v) is 6.62. The van der Waals surface area contributed by atoms with E-state index in [4.69, 9.17) is 0 Å². The minimum Gasteiger partial charge on any atom is -0.425 e. The van der Waals surface area contributed by atoms with Gasteiger partial charge in [-0.15, -0.1) is 0 Å². The number of rotatable bonds is 8. The standard InChI is InChI=1S/2C15H11N4S.BF4.Co/c2*1-2-6-12(7-3-1)14-11-20-15(18-14)19-17-10-13-8-4-5-9-16-13;2-1(3,4)5;/h2*1-11H;;/q3*-1;+3/b2*17-10+;;. The molecule has 16 heteroatoms. The topological polar surface area (TPSA) is 104 Å². The van der Waals surface area contributed by atoms with E-state index in [1.807, 2.05) is 108 Å². The van der Waals surface area contributed by atoms with Crippen molar-refractivity contribution in [3.63, 3.8) is 0 Å². The molecule has 0 aliphatic rings. The summed E-state index contributed by atoms with van der Waals surface area (Å²) in [6.45, 7) is 0. The van der Waals surface area contributed by atoms with Crippen LogP contribution in [0, 0.1) is 0 Å². The van der Waals surface area contributed by atoms with Gasteiger partial charge in [-0.3, -0.25) is 20.2 Å². The van der Waals surface area contributed by atoms with E-state index in [0.29, 0.717) is 10.3 Å². The number of aromatic nitrogens is 4. The van der Waals surface area contributed by atoms with Crippen molar-refractivity contribution in [1.29, 1.82) is 0 Å². The number of pyridine rings is 2. The Morgan fingerprint density at radius 2 is 0.935 bits per heavy atom. The zero-order valence-electron chi connectivity index (χ0n) is 23.5. The van der Waals surface area contributed by atoms with Gasteiger partial charge in [0.25, 0.3) is 0 Å². The van der Waals surface area contributed by atoms with Crippen molar-refractivity contribution in [2.45, 2.75) is 0 Å². The van der Waals surface area contributed by atoms with Crippen LogP contribution in [0.1, 0.15) is 11.4 Å². The Balaban J connectivity index is 0.000000215. The summed E-state index contributed by atoms with van der Waals surface area (Å²) in [5.41, 5.74) is 13.7. The van der Waals surface area contributed by atoms with Gasteiger partial charge in [0, 0.05) is 22.7 Å². The Kier molecular flexibility index (Phi) is 14.7. The quantitative estimate of drug-likeness (QED) is 0.0681. The molecule has 0 spiro atoms. The van der Waals surface area contributed by atoms with E-state index >= 15 is 0 Å². The molecule has 0 saturated carbocycles. The minimum absolute atomic E-state index is 0. The van der Waals surface area contributed by atoms with Gasteiger partial charge < -0.3 is 38.1 Å². The van der Waals surface area contributed by atoms with Gasteiger partial charge in [-0.2, -0.15) is 22.7 Å². The molecule has 0 atom stereocenters. The number of halogens is 4. The molecule has 6 aromatic rings. The summed E-state index contributed by atoms with van der Waals surface area (Å²) in [5, 5.41) is 13.2. The van der Waals surface area contributed by atoms with Crippen LogP contribution in [0.3, 0.4) is 0 Å². The minimum atomic E-state index is -6.00. The van der Waals surface area contributed by atoms with Crippen molar-refractivity contribution in [2.24, 2.45) is 10.2 Å². The molecule has 0 aliphatic heterocycles. The summed E-state index contributed by atoms with van der Waals surface area (Å²) < 4.78 is 39.0. The smallest absolute Gasteiger partial charge is 0.425 e. The Morgan fingerprint density at radius 1 is 0.565 bits per heavy atom. The molecule has 8 nitrogen and oxygen atoms in total. The van der Waals surface area contributed by atoms with E-state index in [9.17, 15) is 17.3 Å². The van der Waals surface area contributed by atoms with Crippen LogP contribution in [0.2, 0.25) is 0 Å². The van der Waals surface area contributed by atoms with Gasteiger partial charge in [0.2, 0.25) is 0 Å². The molecule has 0 amide bonds.